The molecule has 4 fully saturated rings. The van der Waals surface area contributed by atoms with E-state index in [1.807, 2.05) is 0 Å². The Labute approximate surface area is 147 Å². The molecule has 5 rings (SSSR count). The van der Waals surface area contributed by atoms with Crippen LogP contribution < -0.4 is 10.1 Å². The maximum Gasteiger partial charge on any atom is 0.269 e. The van der Waals surface area contributed by atoms with Crippen LogP contribution in [0, 0.1) is 33.8 Å². The molecule has 1 N–H and O–H groups in total. The minimum absolute atomic E-state index is 0.0342. The lowest BCUT2D eigenvalue weighted by molar-refractivity contribution is -0.384. The first kappa shape index (κ1) is 16.4. The first-order valence-corrected chi connectivity index (χ1v) is 9.25. The Morgan fingerprint density at radius 1 is 1.08 bits per heavy atom. The van der Waals surface area contributed by atoms with Crippen LogP contribution >= 0.6 is 0 Å². The van der Waals surface area contributed by atoms with E-state index in [0.29, 0.717) is 30.0 Å². The Kier molecular flexibility index (Phi) is 4.36. The molecular weight excluding hydrogens is 320 g/mol. The third-order valence-electron chi connectivity index (χ3n) is 6.20. The van der Waals surface area contributed by atoms with Gasteiger partial charge in [0.15, 0.2) is 0 Å². The predicted octanol–water partition coefficient (Wildman–Crippen LogP) is 3.30. The Bertz CT molecular complexity index is 630. The van der Waals surface area contributed by atoms with Crippen LogP contribution in [0.15, 0.2) is 24.3 Å². The summed E-state index contributed by atoms with van der Waals surface area (Å²) in [7, 11) is 0. The van der Waals surface area contributed by atoms with Crippen molar-refractivity contribution >= 4 is 11.6 Å². The van der Waals surface area contributed by atoms with E-state index in [0.717, 1.165) is 11.8 Å². The second kappa shape index (κ2) is 6.65. The Balaban J connectivity index is 1.24. The number of non-ortho nitro benzene ring substituents is 1. The fourth-order valence-corrected chi connectivity index (χ4v) is 5.34. The number of benzene rings is 1. The molecule has 0 radical (unpaired) electrons. The van der Waals surface area contributed by atoms with E-state index < -0.39 is 4.92 Å². The van der Waals surface area contributed by atoms with Gasteiger partial charge in [0.1, 0.15) is 5.75 Å². The molecule has 0 unspecified atom stereocenters. The molecule has 0 atom stereocenters. The average Bonchev–Trinajstić information content (AvgIpc) is 2.58. The molecule has 6 nitrogen and oxygen atoms in total. The normalized spacial score (nSPS) is 32.4. The molecular formula is C19H24N2O4. The van der Waals surface area contributed by atoms with Gasteiger partial charge < -0.3 is 10.1 Å². The summed E-state index contributed by atoms with van der Waals surface area (Å²) in [4.78, 5) is 22.5. The SMILES string of the molecule is O=C(CCOc1ccc([N+](=O)[O-])cc1)NC1C2CC3CC(C2)CC1C3. The number of hydrogen-bond acceptors (Lipinski definition) is 4. The van der Waals surface area contributed by atoms with Crippen molar-refractivity contribution in [3.63, 3.8) is 0 Å². The quantitative estimate of drug-likeness (QED) is 0.634. The number of rotatable bonds is 6. The van der Waals surface area contributed by atoms with Crippen molar-refractivity contribution in [3.8, 4) is 5.75 Å². The molecule has 1 aromatic rings. The first-order valence-electron chi connectivity index (χ1n) is 9.25. The zero-order valence-electron chi connectivity index (χ0n) is 14.2. The molecule has 4 bridgehead atoms. The molecule has 4 aliphatic carbocycles. The van der Waals surface area contributed by atoms with Crippen LogP contribution in [0.1, 0.15) is 38.5 Å². The van der Waals surface area contributed by atoms with Crippen LogP contribution in [0.5, 0.6) is 5.75 Å². The molecule has 6 heteroatoms. The third-order valence-corrected chi connectivity index (χ3v) is 6.20. The van der Waals surface area contributed by atoms with Crippen LogP contribution in [-0.4, -0.2) is 23.5 Å². The lowest BCUT2D eigenvalue weighted by Crippen LogP contribution is -2.55. The van der Waals surface area contributed by atoms with Gasteiger partial charge in [-0.05, 0) is 67.9 Å². The van der Waals surface area contributed by atoms with Crippen molar-refractivity contribution in [2.24, 2.45) is 23.7 Å². The van der Waals surface area contributed by atoms with Gasteiger partial charge >= 0.3 is 0 Å². The minimum Gasteiger partial charge on any atom is -0.493 e. The number of nitrogens with zero attached hydrogens (tertiary/aromatic N) is 1. The lowest BCUT2D eigenvalue weighted by atomic mass is 9.54. The van der Waals surface area contributed by atoms with Crippen molar-refractivity contribution in [1.29, 1.82) is 0 Å². The van der Waals surface area contributed by atoms with Gasteiger partial charge in [0, 0.05) is 18.2 Å². The molecule has 4 aliphatic rings. The summed E-state index contributed by atoms with van der Waals surface area (Å²) >= 11 is 0. The average molecular weight is 344 g/mol. The largest absolute Gasteiger partial charge is 0.493 e. The van der Waals surface area contributed by atoms with E-state index >= 15 is 0 Å². The van der Waals surface area contributed by atoms with Crippen molar-refractivity contribution in [3.05, 3.63) is 34.4 Å². The van der Waals surface area contributed by atoms with Gasteiger partial charge in [0.2, 0.25) is 5.91 Å². The molecule has 0 heterocycles. The summed E-state index contributed by atoms with van der Waals surface area (Å²) in [5.41, 5.74) is 0.0342. The molecule has 0 aromatic heterocycles. The fraction of sp³-hybridized carbons (Fsp3) is 0.632. The highest BCUT2D eigenvalue weighted by atomic mass is 16.6. The molecule has 1 amide bonds. The van der Waals surface area contributed by atoms with Gasteiger partial charge in [-0.25, -0.2) is 0 Å². The molecule has 1 aromatic carbocycles. The van der Waals surface area contributed by atoms with Crippen LogP contribution in [-0.2, 0) is 4.79 Å². The topological polar surface area (TPSA) is 81.5 Å². The van der Waals surface area contributed by atoms with E-state index in [9.17, 15) is 14.9 Å². The number of nitro groups is 1. The van der Waals surface area contributed by atoms with E-state index in [-0.39, 0.29) is 18.2 Å². The highest BCUT2D eigenvalue weighted by Gasteiger charge is 2.48. The molecule has 4 saturated carbocycles. The van der Waals surface area contributed by atoms with Gasteiger partial charge in [0.05, 0.1) is 18.0 Å². The number of carbonyl (C=O) groups is 1. The highest BCUT2D eigenvalue weighted by Crippen LogP contribution is 2.53. The van der Waals surface area contributed by atoms with Crippen LogP contribution in [0.25, 0.3) is 0 Å². The van der Waals surface area contributed by atoms with E-state index in [1.54, 1.807) is 12.1 Å². The lowest BCUT2D eigenvalue weighted by Gasteiger charge is -2.54. The van der Waals surface area contributed by atoms with E-state index in [1.165, 1.54) is 44.2 Å². The number of carbonyl (C=O) groups excluding carboxylic acids is 1. The molecule has 0 spiro atoms. The number of hydrogen-bond donors (Lipinski definition) is 1. The first-order chi connectivity index (χ1) is 12.1. The van der Waals surface area contributed by atoms with Crippen molar-refractivity contribution < 1.29 is 14.5 Å². The van der Waals surface area contributed by atoms with Crippen molar-refractivity contribution in [1.82, 2.24) is 5.32 Å². The van der Waals surface area contributed by atoms with E-state index in [2.05, 4.69) is 5.32 Å². The van der Waals surface area contributed by atoms with Gasteiger partial charge in [-0.2, -0.15) is 0 Å². The number of ether oxygens (including phenoxy) is 1. The smallest absolute Gasteiger partial charge is 0.269 e. The maximum absolute atomic E-state index is 12.3. The summed E-state index contributed by atoms with van der Waals surface area (Å²) in [5.74, 6) is 3.77. The van der Waals surface area contributed by atoms with Crippen LogP contribution in [0.4, 0.5) is 5.69 Å². The van der Waals surface area contributed by atoms with Crippen LogP contribution in [0.3, 0.4) is 0 Å². The second-order valence-electron chi connectivity index (χ2n) is 7.87. The molecule has 0 aliphatic heterocycles. The standard InChI is InChI=1S/C19H24N2O4/c22-18(5-6-25-17-3-1-16(2-4-17)21(23)24)20-19-14-8-12-7-13(10-14)11-15(19)9-12/h1-4,12-15,19H,5-11H2,(H,20,22). The summed E-state index contributed by atoms with van der Waals surface area (Å²) in [5, 5.41) is 13.9. The zero-order chi connectivity index (χ0) is 17.4. The second-order valence-corrected chi connectivity index (χ2v) is 7.87. The predicted molar refractivity (Wildman–Crippen MR) is 92.2 cm³/mol. The summed E-state index contributed by atoms with van der Waals surface area (Å²) in [6, 6.07) is 6.30. The monoisotopic (exact) mass is 344 g/mol. The Morgan fingerprint density at radius 2 is 1.68 bits per heavy atom. The molecule has 134 valence electrons. The van der Waals surface area contributed by atoms with Crippen LogP contribution in [0.2, 0.25) is 0 Å². The van der Waals surface area contributed by atoms with E-state index in [4.69, 9.17) is 4.74 Å². The van der Waals surface area contributed by atoms with Gasteiger partial charge in [-0.15, -0.1) is 0 Å². The number of nitro benzene ring substituents is 1. The summed E-state index contributed by atoms with van der Waals surface area (Å²) in [6.45, 7) is 0.289. The Hall–Kier alpha value is -2.11. The Morgan fingerprint density at radius 3 is 2.24 bits per heavy atom. The number of amides is 1. The van der Waals surface area contributed by atoms with Crippen molar-refractivity contribution in [2.75, 3.05) is 6.61 Å². The van der Waals surface area contributed by atoms with Crippen molar-refractivity contribution in [2.45, 2.75) is 44.6 Å². The fourth-order valence-electron chi connectivity index (χ4n) is 5.34. The zero-order valence-corrected chi connectivity index (χ0v) is 14.2. The molecule has 25 heavy (non-hydrogen) atoms. The summed E-state index contributed by atoms with van der Waals surface area (Å²) in [6.07, 6.45) is 6.89. The third kappa shape index (κ3) is 3.48. The molecule has 0 saturated heterocycles. The summed E-state index contributed by atoms with van der Waals surface area (Å²) < 4.78 is 5.54. The number of nitrogens with one attached hydrogen (secondary N) is 1. The van der Waals surface area contributed by atoms with Gasteiger partial charge in [0.25, 0.3) is 5.69 Å². The van der Waals surface area contributed by atoms with Gasteiger partial charge in [-0.3, -0.25) is 14.9 Å². The highest BCUT2D eigenvalue weighted by molar-refractivity contribution is 5.76. The minimum atomic E-state index is -0.442. The van der Waals surface area contributed by atoms with Gasteiger partial charge in [-0.1, -0.05) is 0 Å². The maximum atomic E-state index is 12.3.